The Morgan fingerprint density at radius 1 is 0.833 bits per heavy atom. The molecular weight excluding hydrogens is 216 g/mol. The van der Waals surface area contributed by atoms with E-state index in [1.165, 1.54) is 57.8 Å². The smallest absolute Gasteiger partial charge is 0.0323 e. The SMILES string of the molecule is CCCCCC(C)(CCC(C)C)CC(C)CCC. The molecule has 0 nitrogen and oxygen atoms in total. The fourth-order valence-corrected chi connectivity index (χ4v) is 3.20. The van der Waals surface area contributed by atoms with Gasteiger partial charge in [0.05, 0.1) is 0 Å². The third-order valence-electron chi connectivity index (χ3n) is 4.33. The van der Waals surface area contributed by atoms with E-state index in [0.717, 1.165) is 11.8 Å². The minimum Gasteiger partial charge on any atom is -0.0654 e. The summed E-state index contributed by atoms with van der Waals surface area (Å²) in [5.74, 6) is 1.77. The zero-order valence-electron chi connectivity index (χ0n) is 14.0. The Morgan fingerprint density at radius 2 is 1.50 bits per heavy atom. The monoisotopic (exact) mass is 254 g/mol. The van der Waals surface area contributed by atoms with Crippen LogP contribution in [0.2, 0.25) is 0 Å². The van der Waals surface area contributed by atoms with Crippen molar-refractivity contribution < 1.29 is 0 Å². The molecule has 0 N–H and O–H groups in total. The van der Waals surface area contributed by atoms with Crippen LogP contribution >= 0.6 is 0 Å². The van der Waals surface area contributed by atoms with Crippen molar-refractivity contribution in [3.8, 4) is 0 Å². The Kier molecular flexibility index (Phi) is 9.87. The largest absolute Gasteiger partial charge is 0.0654 e. The molecule has 0 amide bonds. The van der Waals surface area contributed by atoms with E-state index in [-0.39, 0.29) is 0 Å². The Morgan fingerprint density at radius 3 is 2.00 bits per heavy atom. The first-order valence-electron chi connectivity index (χ1n) is 8.43. The van der Waals surface area contributed by atoms with Gasteiger partial charge in [-0.3, -0.25) is 0 Å². The van der Waals surface area contributed by atoms with E-state index in [1.54, 1.807) is 0 Å². The average Bonchev–Trinajstić information content (AvgIpc) is 2.27. The second kappa shape index (κ2) is 9.87. The zero-order chi connectivity index (χ0) is 14.0. The molecule has 0 heteroatoms. The van der Waals surface area contributed by atoms with Crippen molar-refractivity contribution in [2.24, 2.45) is 17.3 Å². The van der Waals surface area contributed by atoms with Crippen molar-refractivity contribution in [2.45, 2.75) is 99.3 Å². The lowest BCUT2D eigenvalue weighted by atomic mass is 9.72. The quantitative estimate of drug-likeness (QED) is 0.354. The third kappa shape index (κ3) is 9.00. The van der Waals surface area contributed by atoms with Crippen LogP contribution < -0.4 is 0 Å². The molecule has 0 aromatic heterocycles. The van der Waals surface area contributed by atoms with Crippen LogP contribution in [-0.4, -0.2) is 0 Å². The fourth-order valence-electron chi connectivity index (χ4n) is 3.20. The third-order valence-corrected chi connectivity index (χ3v) is 4.33. The second-order valence-electron chi connectivity index (χ2n) is 7.30. The summed E-state index contributed by atoms with van der Waals surface area (Å²) in [7, 11) is 0. The molecule has 18 heavy (non-hydrogen) atoms. The molecule has 0 saturated carbocycles. The molecule has 0 spiro atoms. The first kappa shape index (κ1) is 18.0. The lowest BCUT2D eigenvalue weighted by Gasteiger charge is -2.33. The van der Waals surface area contributed by atoms with Crippen molar-refractivity contribution in [2.75, 3.05) is 0 Å². The molecular formula is C18H38. The zero-order valence-corrected chi connectivity index (χ0v) is 14.0. The summed E-state index contributed by atoms with van der Waals surface area (Å²) in [4.78, 5) is 0. The van der Waals surface area contributed by atoms with Gasteiger partial charge in [-0.25, -0.2) is 0 Å². The van der Waals surface area contributed by atoms with Gasteiger partial charge >= 0.3 is 0 Å². The van der Waals surface area contributed by atoms with Crippen LogP contribution in [0.15, 0.2) is 0 Å². The van der Waals surface area contributed by atoms with E-state index in [1.807, 2.05) is 0 Å². The first-order valence-corrected chi connectivity index (χ1v) is 8.43. The van der Waals surface area contributed by atoms with Crippen LogP contribution in [-0.2, 0) is 0 Å². The number of hydrogen-bond acceptors (Lipinski definition) is 0. The molecule has 0 aliphatic carbocycles. The van der Waals surface area contributed by atoms with Crippen LogP contribution in [0.4, 0.5) is 0 Å². The van der Waals surface area contributed by atoms with Crippen molar-refractivity contribution in [3.05, 3.63) is 0 Å². The molecule has 110 valence electrons. The van der Waals surface area contributed by atoms with Crippen molar-refractivity contribution in [3.63, 3.8) is 0 Å². The standard InChI is InChI=1S/C18H38/c1-7-9-10-13-18(6,14-12-16(3)4)15-17(5)11-8-2/h16-17H,7-15H2,1-6H3. The highest BCUT2D eigenvalue weighted by Crippen LogP contribution is 2.38. The summed E-state index contributed by atoms with van der Waals surface area (Å²) in [5, 5.41) is 0. The maximum Gasteiger partial charge on any atom is -0.0323 e. The predicted molar refractivity (Wildman–Crippen MR) is 85.0 cm³/mol. The summed E-state index contributed by atoms with van der Waals surface area (Å²) in [6.45, 7) is 14.4. The Hall–Kier alpha value is 0. The van der Waals surface area contributed by atoms with E-state index in [9.17, 15) is 0 Å². The predicted octanol–water partition coefficient (Wildman–Crippen LogP) is 6.84. The van der Waals surface area contributed by atoms with Gasteiger partial charge in [-0.2, -0.15) is 0 Å². The number of rotatable bonds is 11. The number of hydrogen-bond donors (Lipinski definition) is 0. The lowest BCUT2D eigenvalue weighted by molar-refractivity contribution is 0.185. The van der Waals surface area contributed by atoms with E-state index >= 15 is 0 Å². The molecule has 0 bridgehead atoms. The summed E-state index contributed by atoms with van der Waals surface area (Å²) in [5.41, 5.74) is 0.605. The van der Waals surface area contributed by atoms with Crippen LogP contribution in [0.1, 0.15) is 99.3 Å². The molecule has 0 rings (SSSR count). The topological polar surface area (TPSA) is 0 Å². The average molecular weight is 255 g/mol. The Bertz CT molecular complexity index is 182. The first-order chi connectivity index (χ1) is 8.43. The fraction of sp³-hybridized carbons (Fsp3) is 1.00. The molecule has 0 aromatic carbocycles. The van der Waals surface area contributed by atoms with E-state index in [4.69, 9.17) is 0 Å². The Labute approximate surface area is 117 Å². The van der Waals surface area contributed by atoms with Crippen LogP contribution in [0.25, 0.3) is 0 Å². The molecule has 0 heterocycles. The van der Waals surface area contributed by atoms with E-state index in [2.05, 4.69) is 41.5 Å². The highest BCUT2D eigenvalue weighted by molar-refractivity contribution is 4.77. The highest BCUT2D eigenvalue weighted by Gasteiger charge is 2.25. The molecule has 0 aromatic rings. The highest BCUT2D eigenvalue weighted by atomic mass is 14.3. The van der Waals surface area contributed by atoms with Crippen LogP contribution in [0, 0.1) is 17.3 Å². The van der Waals surface area contributed by atoms with Gasteiger partial charge in [-0.1, -0.05) is 80.1 Å². The van der Waals surface area contributed by atoms with Gasteiger partial charge in [0.2, 0.25) is 0 Å². The van der Waals surface area contributed by atoms with Crippen LogP contribution in [0.3, 0.4) is 0 Å². The van der Waals surface area contributed by atoms with Gasteiger partial charge in [-0.15, -0.1) is 0 Å². The lowest BCUT2D eigenvalue weighted by Crippen LogP contribution is -2.21. The Balaban J connectivity index is 4.28. The molecule has 2 unspecified atom stereocenters. The molecule has 0 aliphatic heterocycles. The molecule has 0 aliphatic rings. The van der Waals surface area contributed by atoms with Gasteiger partial charge in [0.15, 0.2) is 0 Å². The van der Waals surface area contributed by atoms with E-state index in [0.29, 0.717) is 5.41 Å². The van der Waals surface area contributed by atoms with Gasteiger partial charge in [0.25, 0.3) is 0 Å². The van der Waals surface area contributed by atoms with Gasteiger partial charge in [0.1, 0.15) is 0 Å². The van der Waals surface area contributed by atoms with Gasteiger partial charge in [0, 0.05) is 0 Å². The van der Waals surface area contributed by atoms with Gasteiger partial charge < -0.3 is 0 Å². The van der Waals surface area contributed by atoms with Crippen molar-refractivity contribution >= 4 is 0 Å². The second-order valence-corrected chi connectivity index (χ2v) is 7.30. The molecule has 0 saturated heterocycles. The van der Waals surface area contributed by atoms with Crippen molar-refractivity contribution in [1.82, 2.24) is 0 Å². The number of unbranched alkanes of at least 4 members (excludes halogenated alkanes) is 2. The summed E-state index contributed by atoms with van der Waals surface area (Å²) < 4.78 is 0. The van der Waals surface area contributed by atoms with E-state index < -0.39 is 0 Å². The summed E-state index contributed by atoms with van der Waals surface area (Å²) >= 11 is 0. The summed E-state index contributed by atoms with van der Waals surface area (Å²) in [6, 6.07) is 0. The maximum atomic E-state index is 2.55. The molecule has 2 atom stereocenters. The van der Waals surface area contributed by atoms with Gasteiger partial charge in [-0.05, 0) is 36.5 Å². The maximum absolute atomic E-state index is 2.55. The molecule has 0 fully saturated rings. The van der Waals surface area contributed by atoms with Crippen LogP contribution in [0.5, 0.6) is 0 Å². The normalized spacial score (nSPS) is 16.8. The minimum absolute atomic E-state index is 0.605. The summed E-state index contributed by atoms with van der Waals surface area (Å²) in [6.07, 6.45) is 12.7. The minimum atomic E-state index is 0.605. The molecule has 0 radical (unpaired) electrons. The van der Waals surface area contributed by atoms with Crippen molar-refractivity contribution in [1.29, 1.82) is 0 Å².